The van der Waals surface area contributed by atoms with Crippen molar-refractivity contribution < 1.29 is 30.9 Å². The van der Waals surface area contributed by atoms with Crippen LogP contribution in [0.4, 0.5) is 13.6 Å². The van der Waals surface area contributed by atoms with Gasteiger partial charge in [0.1, 0.15) is 0 Å². The Kier molecular flexibility index (Phi) is 10.8. The third-order valence-corrected chi connectivity index (χ3v) is 8.54. The number of alkyl halides is 2. The van der Waals surface area contributed by atoms with Crippen molar-refractivity contribution in [3.63, 3.8) is 0 Å². The fourth-order valence-corrected chi connectivity index (χ4v) is 6.19. The fourth-order valence-electron chi connectivity index (χ4n) is 3.77. The average Bonchev–Trinajstić information content (AvgIpc) is 2.90. The quantitative estimate of drug-likeness (QED) is 0.184. The predicted octanol–water partition coefficient (Wildman–Crippen LogP) is 7.05. The van der Waals surface area contributed by atoms with E-state index in [1.165, 1.54) is 14.7 Å². The Balaban J connectivity index is 0.000000202. The lowest BCUT2D eigenvalue weighted by Crippen LogP contribution is -2.22. The highest BCUT2D eigenvalue weighted by Gasteiger charge is 2.30. The van der Waals surface area contributed by atoms with Gasteiger partial charge in [-0.1, -0.05) is 73.9 Å². The number of carbonyl (C=O) groups is 1. The Bertz CT molecular complexity index is 1060. The molecule has 5 nitrogen and oxygen atoms in total. The number of rotatable bonds is 7. The van der Waals surface area contributed by atoms with Crippen LogP contribution in [-0.2, 0) is 29.9 Å². The minimum Gasteiger partial charge on any atom is -0.433 e. The molecule has 0 aliphatic heterocycles. The summed E-state index contributed by atoms with van der Waals surface area (Å²) in [5.41, 5.74) is 0. The van der Waals surface area contributed by atoms with Crippen LogP contribution in [0.5, 0.6) is 0 Å². The van der Waals surface area contributed by atoms with E-state index in [9.17, 15) is 22.0 Å². The Morgan fingerprint density at radius 2 is 1.19 bits per heavy atom. The highest BCUT2D eigenvalue weighted by atomic mass is 32.2. The summed E-state index contributed by atoms with van der Waals surface area (Å²) in [6.07, 6.45) is 3.36. The van der Waals surface area contributed by atoms with Crippen molar-refractivity contribution in [1.29, 1.82) is 0 Å². The molecule has 192 valence electrons. The standard InChI is InChI=1S/C18H15S.C9H14F2O5S/c1-4-10-16(11-5-1)19(17-12-6-2-7-13-17)18-14-8-3-9-15-18;10-8(11)17(13,14)16-9(12)15-6-7-4-2-1-3-5-7/h1-15H;7-8H,1-6H2/q+1;. The molecular weight excluding hydrogens is 506 g/mol. The smallest absolute Gasteiger partial charge is 0.433 e. The van der Waals surface area contributed by atoms with Gasteiger partial charge in [0.2, 0.25) is 0 Å². The van der Waals surface area contributed by atoms with Gasteiger partial charge < -0.3 is 8.92 Å². The Morgan fingerprint density at radius 1 is 0.778 bits per heavy atom. The van der Waals surface area contributed by atoms with E-state index < -0.39 is 22.0 Å². The molecule has 0 bridgehead atoms. The zero-order valence-corrected chi connectivity index (χ0v) is 21.3. The second kappa shape index (κ2) is 14.0. The molecule has 0 unspecified atom stereocenters. The van der Waals surface area contributed by atoms with Crippen molar-refractivity contribution in [2.45, 2.75) is 52.5 Å². The van der Waals surface area contributed by atoms with Crippen molar-refractivity contribution >= 4 is 27.2 Å². The molecule has 1 fully saturated rings. The molecule has 36 heavy (non-hydrogen) atoms. The maximum Gasteiger partial charge on any atom is 0.524 e. The lowest BCUT2D eigenvalue weighted by atomic mass is 9.90. The molecule has 0 aromatic heterocycles. The summed E-state index contributed by atoms with van der Waals surface area (Å²) in [5.74, 6) is -3.59. The van der Waals surface area contributed by atoms with Gasteiger partial charge in [0.15, 0.2) is 14.7 Å². The molecule has 0 N–H and O–H groups in total. The average molecular weight is 536 g/mol. The predicted molar refractivity (Wildman–Crippen MR) is 135 cm³/mol. The summed E-state index contributed by atoms with van der Waals surface area (Å²) in [4.78, 5) is 14.9. The third-order valence-electron chi connectivity index (χ3n) is 5.50. The summed E-state index contributed by atoms with van der Waals surface area (Å²) >= 11 is 0. The Labute approximate surface area is 213 Å². The van der Waals surface area contributed by atoms with E-state index in [0.29, 0.717) is 0 Å². The number of benzene rings is 3. The minimum atomic E-state index is -5.16. The van der Waals surface area contributed by atoms with E-state index >= 15 is 0 Å². The SMILES string of the molecule is O=C(OCC1CCCCC1)OS(=O)(=O)C(F)F.c1ccc([S+](c2ccccc2)c2ccccc2)cc1. The van der Waals surface area contributed by atoms with Crippen molar-refractivity contribution in [2.24, 2.45) is 5.92 Å². The maximum absolute atomic E-state index is 11.8. The third kappa shape index (κ3) is 8.64. The van der Waals surface area contributed by atoms with Crippen LogP contribution in [-0.4, -0.2) is 26.9 Å². The van der Waals surface area contributed by atoms with Gasteiger partial charge in [-0.2, -0.15) is 17.2 Å². The summed E-state index contributed by atoms with van der Waals surface area (Å²) in [5, 5.41) is 0. The first-order chi connectivity index (χ1) is 17.4. The second-order valence-corrected chi connectivity index (χ2v) is 11.7. The molecule has 0 radical (unpaired) electrons. The van der Waals surface area contributed by atoms with Gasteiger partial charge in [-0.3, -0.25) is 0 Å². The summed E-state index contributed by atoms with van der Waals surface area (Å²) in [7, 11) is -5.17. The van der Waals surface area contributed by atoms with E-state index in [1.807, 2.05) is 0 Å². The van der Waals surface area contributed by atoms with Gasteiger partial charge in [-0.15, -0.1) is 0 Å². The fraction of sp³-hybridized carbons (Fsp3) is 0.296. The number of ether oxygens (including phenoxy) is 1. The molecule has 1 saturated carbocycles. The molecular formula is C27H29F2O5S2+. The highest BCUT2D eigenvalue weighted by Crippen LogP contribution is 2.30. The second-order valence-electron chi connectivity index (χ2n) is 8.15. The normalized spacial score (nSPS) is 14.1. The number of halogens is 2. The van der Waals surface area contributed by atoms with Crippen LogP contribution < -0.4 is 0 Å². The monoisotopic (exact) mass is 535 g/mol. The molecule has 1 aliphatic rings. The van der Waals surface area contributed by atoms with Crippen LogP contribution in [0.1, 0.15) is 32.1 Å². The molecule has 9 heteroatoms. The Hall–Kier alpha value is -2.91. The molecule has 4 rings (SSSR count). The first-order valence-corrected chi connectivity index (χ1v) is 14.3. The van der Waals surface area contributed by atoms with Crippen LogP contribution in [0.25, 0.3) is 0 Å². The molecule has 1 aliphatic carbocycles. The molecule has 0 spiro atoms. The lowest BCUT2D eigenvalue weighted by molar-refractivity contribution is 0.0746. The molecule has 3 aromatic rings. The first-order valence-electron chi connectivity index (χ1n) is 11.6. The van der Waals surface area contributed by atoms with Gasteiger partial charge in [-0.25, -0.2) is 4.79 Å². The Morgan fingerprint density at radius 3 is 1.58 bits per heavy atom. The van der Waals surface area contributed by atoms with Gasteiger partial charge >= 0.3 is 22.0 Å². The number of hydrogen-bond donors (Lipinski definition) is 0. The van der Waals surface area contributed by atoms with Gasteiger partial charge in [0.05, 0.1) is 17.5 Å². The van der Waals surface area contributed by atoms with Crippen molar-refractivity contribution in [3.8, 4) is 0 Å². The summed E-state index contributed by atoms with van der Waals surface area (Å²) < 4.78 is 52.8. The van der Waals surface area contributed by atoms with E-state index in [4.69, 9.17) is 0 Å². The van der Waals surface area contributed by atoms with Crippen molar-refractivity contribution in [2.75, 3.05) is 6.61 Å². The molecule has 0 amide bonds. The van der Waals surface area contributed by atoms with Crippen LogP contribution in [0, 0.1) is 5.92 Å². The van der Waals surface area contributed by atoms with Crippen LogP contribution in [0.3, 0.4) is 0 Å². The molecule has 0 atom stereocenters. The summed E-state index contributed by atoms with van der Waals surface area (Å²) in [6.45, 7) is 0.0115. The van der Waals surface area contributed by atoms with Gasteiger partial charge in [-0.05, 0) is 55.2 Å². The van der Waals surface area contributed by atoms with Crippen LogP contribution in [0.15, 0.2) is 106 Å². The number of carbonyl (C=O) groups excluding carboxylic acids is 1. The van der Waals surface area contributed by atoms with Gasteiger partial charge in [0.25, 0.3) is 0 Å². The van der Waals surface area contributed by atoms with Crippen molar-refractivity contribution in [3.05, 3.63) is 91.0 Å². The highest BCUT2D eigenvalue weighted by molar-refractivity contribution is 7.97. The summed E-state index contributed by atoms with van der Waals surface area (Å²) in [6, 6.07) is 32.2. The molecule has 3 aromatic carbocycles. The minimum absolute atomic E-state index is 0.0115. The topological polar surface area (TPSA) is 69.7 Å². The molecule has 0 heterocycles. The van der Waals surface area contributed by atoms with Crippen molar-refractivity contribution in [1.82, 2.24) is 0 Å². The zero-order valence-electron chi connectivity index (χ0n) is 19.7. The zero-order chi connectivity index (χ0) is 25.8. The van der Waals surface area contributed by atoms with Gasteiger partial charge in [0, 0.05) is 0 Å². The van der Waals surface area contributed by atoms with E-state index in [2.05, 4.69) is 99.9 Å². The van der Waals surface area contributed by atoms with Crippen LogP contribution in [0.2, 0.25) is 0 Å². The molecule has 0 saturated heterocycles. The number of hydrogen-bond acceptors (Lipinski definition) is 5. The maximum atomic E-state index is 11.8. The van der Waals surface area contributed by atoms with E-state index in [0.717, 1.165) is 32.1 Å². The lowest BCUT2D eigenvalue weighted by Gasteiger charge is -2.20. The van der Waals surface area contributed by atoms with E-state index in [1.54, 1.807) is 0 Å². The van der Waals surface area contributed by atoms with E-state index in [-0.39, 0.29) is 23.4 Å². The largest absolute Gasteiger partial charge is 0.524 e. The first kappa shape index (κ1) is 27.7. The van der Waals surface area contributed by atoms with Crippen LogP contribution >= 0.6 is 0 Å².